The number of halogens is 2. The van der Waals surface area contributed by atoms with E-state index in [1.807, 2.05) is 6.92 Å². The first kappa shape index (κ1) is 9.27. The summed E-state index contributed by atoms with van der Waals surface area (Å²) in [6, 6.07) is 4.54. The van der Waals surface area contributed by atoms with Gasteiger partial charge < -0.3 is 0 Å². The van der Waals surface area contributed by atoms with E-state index in [1.54, 1.807) is 12.1 Å². The van der Waals surface area contributed by atoms with Gasteiger partial charge in [0.25, 0.3) is 0 Å². The Kier molecular flexibility index (Phi) is 2.88. The summed E-state index contributed by atoms with van der Waals surface area (Å²) < 4.78 is 13.1. The van der Waals surface area contributed by atoms with Crippen molar-refractivity contribution in [3.8, 4) is 0 Å². The van der Waals surface area contributed by atoms with Crippen LogP contribution in [0.15, 0.2) is 30.9 Å². The third kappa shape index (κ3) is 1.86. The van der Waals surface area contributed by atoms with Gasteiger partial charge in [0, 0.05) is 10.9 Å². The molecular weight excluding hydrogens is 175 g/mol. The zero-order valence-electron chi connectivity index (χ0n) is 6.85. The summed E-state index contributed by atoms with van der Waals surface area (Å²) in [6.45, 7) is 5.47. The number of hydrogen-bond acceptors (Lipinski definition) is 0. The van der Waals surface area contributed by atoms with E-state index in [1.165, 1.54) is 12.1 Å². The normalized spacial score (nSPS) is 12.6. The van der Waals surface area contributed by atoms with Crippen LogP contribution in [0.5, 0.6) is 0 Å². The van der Waals surface area contributed by atoms with E-state index in [9.17, 15) is 4.39 Å². The number of rotatable bonds is 2. The molecule has 0 nitrogen and oxygen atoms in total. The molecule has 0 aliphatic heterocycles. The predicted molar refractivity (Wildman–Crippen MR) is 50.0 cm³/mol. The molecule has 1 atom stereocenters. The Morgan fingerprint density at radius 2 is 2.25 bits per heavy atom. The molecule has 1 unspecified atom stereocenters. The third-order valence-corrected chi connectivity index (χ3v) is 2.04. The van der Waals surface area contributed by atoms with Crippen molar-refractivity contribution in [2.24, 2.45) is 0 Å². The largest absolute Gasteiger partial charge is 0.207 e. The zero-order chi connectivity index (χ0) is 9.14. The van der Waals surface area contributed by atoms with Crippen molar-refractivity contribution in [2.75, 3.05) is 0 Å². The minimum atomic E-state index is -0.230. The van der Waals surface area contributed by atoms with Crippen LogP contribution in [0, 0.1) is 5.82 Å². The van der Waals surface area contributed by atoms with E-state index in [0.717, 1.165) is 0 Å². The van der Waals surface area contributed by atoms with Crippen LogP contribution in [0.3, 0.4) is 0 Å². The van der Waals surface area contributed by atoms with E-state index in [2.05, 4.69) is 6.58 Å². The maximum Gasteiger partial charge on any atom is 0.127 e. The average Bonchev–Trinajstić information content (AvgIpc) is 2.08. The van der Waals surface area contributed by atoms with Gasteiger partial charge in [-0.3, -0.25) is 0 Å². The first-order valence-electron chi connectivity index (χ1n) is 3.72. The highest BCUT2D eigenvalue weighted by Crippen LogP contribution is 2.22. The summed E-state index contributed by atoms with van der Waals surface area (Å²) in [7, 11) is 0. The van der Waals surface area contributed by atoms with E-state index < -0.39 is 0 Å². The quantitative estimate of drug-likeness (QED) is 0.614. The van der Waals surface area contributed by atoms with Crippen molar-refractivity contribution in [3.05, 3.63) is 47.3 Å². The minimum absolute atomic E-state index is 0.00343. The molecule has 0 aliphatic carbocycles. The second-order valence-electron chi connectivity index (χ2n) is 2.69. The highest BCUT2D eigenvalue weighted by molar-refractivity contribution is 6.30. The minimum Gasteiger partial charge on any atom is -0.207 e. The van der Waals surface area contributed by atoms with Crippen LogP contribution >= 0.6 is 11.6 Å². The summed E-state index contributed by atoms with van der Waals surface area (Å²) >= 11 is 5.72. The molecule has 1 rings (SSSR count). The lowest BCUT2D eigenvalue weighted by molar-refractivity contribution is 0.605. The van der Waals surface area contributed by atoms with E-state index in [-0.39, 0.29) is 11.7 Å². The van der Waals surface area contributed by atoms with Gasteiger partial charge in [0.05, 0.1) is 0 Å². The summed E-state index contributed by atoms with van der Waals surface area (Å²) in [6.07, 6.45) is 1.69. The van der Waals surface area contributed by atoms with Crippen molar-refractivity contribution in [2.45, 2.75) is 12.8 Å². The Bertz CT molecular complexity index is 294. The molecule has 0 aromatic heterocycles. The number of allylic oxidation sites excluding steroid dienone is 1. The van der Waals surface area contributed by atoms with Gasteiger partial charge in [-0.15, -0.1) is 6.58 Å². The summed E-state index contributed by atoms with van der Waals surface area (Å²) in [5.41, 5.74) is 0.595. The fraction of sp³-hybridized carbons (Fsp3) is 0.200. The molecule has 64 valence electrons. The molecule has 0 spiro atoms. The molecule has 0 N–H and O–H groups in total. The molecule has 0 radical (unpaired) electrons. The van der Waals surface area contributed by atoms with Gasteiger partial charge in [-0.1, -0.05) is 24.6 Å². The van der Waals surface area contributed by atoms with Gasteiger partial charge >= 0.3 is 0 Å². The topological polar surface area (TPSA) is 0 Å². The molecule has 0 heterocycles. The molecule has 0 saturated carbocycles. The summed E-state index contributed by atoms with van der Waals surface area (Å²) in [5.74, 6) is -0.226. The first-order chi connectivity index (χ1) is 5.65. The summed E-state index contributed by atoms with van der Waals surface area (Å²) in [4.78, 5) is 0. The van der Waals surface area contributed by atoms with Gasteiger partial charge in [0.1, 0.15) is 5.82 Å². The fourth-order valence-corrected chi connectivity index (χ4v) is 1.17. The molecule has 0 saturated heterocycles. The standard InChI is InChI=1S/C10H10ClF/c1-3-7(2)9-6-8(11)4-5-10(9)12/h3-7H,1H2,2H3. The monoisotopic (exact) mass is 184 g/mol. The van der Waals surface area contributed by atoms with Crippen LogP contribution in [-0.2, 0) is 0 Å². The van der Waals surface area contributed by atoms with E-state index in [0.29, 0.717) is 10.6 Å². The van der Waals surface area contributed by atoms with Crippen molar-refractivity contribution in [1.29, 1.82) is 0 Å². The van der Waals surface area contributed by atoms with Crippen LogP contribution < -0.4 is 0 Å². The van der Waals surface area contributed by atoms with Gasteiger partial charge in [-0.05, 0) is 23.8 Å². The van der Waals surface area contributed by atoms with Crippen molar-refractivity contribution < 1.29 is 4.39 Å². The predicted octanol–water partition coefficient (Wildman–Crippen LogP) is 3.77. The van der Waals surface area contributed by atoms with E-state index in [4.69, 9.17) is 11.6 Å². The van der Waals surface area contributed by atoms with Crippen LogP contribution in [0.25, 0.3) is 0 Å². The number of hydrogen-bond donors (Lipinski definition) is 0. The van der Waals surface area contributed by atoms with Crippen LogP contribution in [0.1, 0.15) is 18.4 Å². The molecule has 1 aromatic rings. The zero-order valence-corrected chi connectivity index (χ0v) is 7.61. The second-order valence-corrected chi connectivity index (χ2v) is 3.13. The Morgan fingerprint density at radius 3 is 2.83 bits per heavy atom. The Hall–Kier alpha value is -0.820. The maximum absolute atomic E-state index is 13.1. The van der Waals surface area contributed by atoms with Gasteiger partial charge in [0.2, 0.25) is 0 Å². The van der Waals surface area contributed by atoms with Crippen molar-refractivity contribution >= 4 is 11.6 Å². The molecular formula is C10H10ClF. The average molecular weight is 185 g/mol. The van der Waals surface area contributed by atoms with Crippen LogP contribution in [0.4, 0.5) is 4.39 Å². The third-order valence-electron chi connectivity index (χ3n) is 1.80. The molecule has 0 fully saturated rings. The van der Waals surface area contributed by atoms with Crippen LogP contribution in [0.2, 0.25) is 5.02 Å². The lowest BCUT2D eigenvalue weighted by atomic mass is 10.0. The molecule has 0 amide bonds. The molecule has 2 heteroatoms. The maximum atomic E-state index is 13.1. The first-order valence-corrected chi connectivity index (χ1v) is 4.10. The SMILES string of the molecule is C=CC(C)c1cc(Cl)ccc1F. The number of benzene rings is 1. The Morgan fingerprint density at radius 1 is 1.58 bits per heavy atom. The van der Waals surface area contributed by atoms with Crippen molar-refractivity contribution in [3.63, 3.8) is 0 Å². The highest BCUT2D eigenvalue weighted by Gasteiger charge is 2.07. The van der Waals surface area contributed by atoms with Crippen LogP contribution in [-0.4, -0.2) is 0 Å². The molecule has 12 heavy (non-hydrogen) atoms. The second kappa shape index (κ2) is 3.72. The molecule has 0 bridgehead atoms. The van der Waals surface area contributed by atoms with Gasteiger partial charge in [0.15, 0.2) is 0 Å². The van der Waals surface area contributed by atoms with Crippen molar-refractivity contribution in [1.82, 2.24) is 0 Å². The molecule has 0 aliphatic rings. The van der Waals surface area contributed by atoms with E-state index >= 15 is 0 Å². The van der Waals surface area contributed by atoms with Gasteiger partial charge in [-0.2, -0.15) is 0 Å². The fourth-order valence-electron chi connectivity index (χ4n) is 0.991. The smallest absolute Gasteiger partial charge is 0.127 e. The lowest BCUT2D eigenvalue weighted by Crippen LogP contribution is -1.93. The lowest BCUT2D eigenvalue weighted by Gasteiger charge is -2.07. The highest BCUT2D eigenvalue weighted by atomic mass is 35.5. The molecule has 1 aromatic carbocycles. The Balaban J connectivity index is 3.12. The van der Waals surface area contributed by atoms with Gasteiger partial charge in [-0.25, -0.2) is 4.39 Å². The Labute approximate surface area is 76.7 Å². The summed E-state index contributed by atoms with van der Waals surface area (Å²) in [5, 5.41) is 0.556.